The van der Waals surface area contributed by atoms with Crippen molar-refractivity contribution in [1.82, 2.24) is 9.88 Å². The third kappa shape index (κ3) is 2.58. The van der Waals surface area contributed by atoms with E-state index in [1.165, 1.54) is 0 Å². The zero-order chi connectivity index (χ0) is 20.3. The van der Waals surface area contributed by atoms with Crippen LogP contribution in [0, 0.1) is 0 Å². The summed E-state index contributed by atoms with van der Waals surface area (Å²) in [5.74, 6) is -1.48. The van der Waals surface area contributed by atoms with E-state index in [9.17, 15) is 19.8 Å². The lowest BCUT2D eigenvalue weighted by Gasteiger charge is -2.30. The van der Waals surface area contributed by atoms with Gasteiger partial charge in [-0.25, -0.2) is 0 Å². The van der Waals surface area contributed by atoms with Crippen molar-refractivity contribution in [2.24, 2.45) is 5.73 Å². The Morgan fingerprint density at radius 1 is 1.00 bits per heavy atom. The second kappa shape index (κ2) is 6.43. The van der Waals surface area contributed by atoms with E-state index in [0.29, 0.717) is 11.9 Å². The van der Waals surface area contributed by atoms with Crippen LogP contribution in [0.25, 0.3) is 10.9 Å². The molecule has 148 valence electrons. The molecule has 2 heterocycles. The van der Waals surface area contributed by atoms with E-state index < -0.39 is 11.6 Å². The molecule has 1 aliphatic heterocycles. The summed E-state index contributed by atoms with van der Waals surface area (Å²) in [5.41, 5.74) is 7.21. The number of likely N-dealkylation sites (tertiary alicyclic amines) is 1. The van der Waals surface area contributed by atoms with Crippen LogP contribution >= 0.6 is 0 Å². The number of benzene rings is 2. The number of H-pyrrole nitrogens is 1. The minimum absolute atomic E-state index is 0.125. The van der Waals surface area contributed by atoms with E-state index in [1.54, 1.807) is 30.5 Å². The second-order valence-corrected chi connectivity index (χ2v) is 7.83. The molecule has 0 bridgehead atoms. The molecular formula is C22H21N3O4. The predicted molar refractivity (Wildman–Crippen MR) is 107 cm³/mol. The van der Waals surface area contributed by atoms with Gasteiger partial charge in [-0.1, -0.05) is 24.3 Å². The summed E-state index contributed by atoms with van der Waals surface area (Å²) < 4.78 is 0. The van der Waals surface area contributed by atoms with Gasteiger partial charge in [0.25, 0.3) is 0 Å². The molecule has 1 fully saturated rings. The number of piperidine rings is 1. The van der Waals surface area contributed by atoms with Crippen LogP contribution in [-0.2, 0) is 6.54 Å². The van der Waals surface area contributed by atoms with E-state index in [4.69, 9.17) is 5.73 Å². The highest BCUT2D eigenvalue weighted by molar-refractivity contribution is 6.32. The van der Waals surface area contributed by atoms with Crippen LogP contribution in [0.2, 0.25) is 0 Å². The lowest BCUT2D eigenvalue weighted by Crippen LogP contribution is -2.39. The highest BCUT2D eigenvalue weighted by Crippen LogP contribution is 2.45. The number of fused-ring (bicyclic) bond motifs is 3. The first-order chi connectivity index (χ1) is 14.0. The number of carbonyl (C=O) groups is 2. The van der Waals surface area contributed by atoms with Gasteiger partial charge < -0.3 is 20.9 Å². The fraction of sp³-hybridized carbons (Fsp3) is 0.273. The highest BCUT2D eigenvalue weighted by atomic mass is 16.3. The molecule has 1 aromatic heterocycles. The van der Waals surface area contributed by atoms with Gasteiger partial charge in [0.05, 0.1) is 22.0 Å². The molecule has 0 unspecified atom stereocenters. The first-order valence-corrected chi connectivity index (χ1v) is 9.71. The Bertz CT molecular complexity index is 1170. The SMILES string of the molecule is NC1CCN(Cc2c[nH]c3c(O)c4c(c(O)c23)C(=O)c2ccccc2C4=O)CC1. The van der Waals surface area contributed by atoms with Gasteiger partial charge in [0.2, 0.25) is 0 Å². The molecule has 0 spiro atoms. The summed E-state index contributed by atoms with van der Waals surface area (Å²) in [6, 6.07) is 6.67. The largest absolute Gasteiger partial charge is 0.506 e. The Kier molecular flexibility index (Phi) is 3.97. The van der Waals surface area contributed by atoms with Crippen molar-refractivity contribution < 1.29 is 19.8 Å². The van der Waals surface area contributed by atoms with Crippen molar-refractivity contribution in [3.63, 3.8) is 0 Å². The third-order valence-corrected chi connectivity index (χ3v) is 6.06. The Balaban J connectivity index is 1.66. The average molecular weight is 391 g/mol. The lowest BCUT2D eigenvalue weighted by atomic mass is 9.82. The molecule has 5 N–H and O–H groups in total. The maximum absolute atomic E-state index is 13.1. The van der Waals surface area contributed by atoms with Crippen molar-refractivity contribution in [3.05, 3.63) is 58.3 Å². The molecule has 29 heavy (non-hydrogen) atoms. The predicted octanol–water partition coefficient (Wildman–Crippen LogP) is 2.28. The molecule has 0 amide bonds. The summed E-state index contributed by atoms with van der Waals surface area (Å²) in [6.07, 6.45) is 3.52. The van der Waals surface area contributed by atoms with Crippen LogP contribution in [0.1, 0.15) is 50.2 Å². The number of ketones is 2. The monoisotopic (exact) mass is 391 g/mol. The molecule has 7 heteroatoms. The molecule has 0 radical (unpaired) electrons. The normalized spacial score (nSPS) is 17.6. The molecule has 3 aromatic rings. The van der Waals surface area contributed by atoms with Crippen molar-refractivity contribution in [1.29, 1.82) is 0 Å². The van der Waals surface area contributed by atoms with Gasteiger partial charge >= 0.3 is 0 Å². The number of hydrogen-bond donors (Lipinski definition) is 4. The van der Waals surface area contributed by atoms with Crippen LogP contribution in [-0.4, -0.2) is 50.8 Å². The summed E-state index contributed by atoms with van der Waals surface area (Å²) >= 11 is 0. The fourth-order valence-electron chi connectivity index (χ4n) is 4.48. The number of nitrogens with two attached hydrogens (primary N) is 1. The summed E-state index contributed by atoms with van der Waals surface area (Å²) in [5, 5.41) is 22.3. The van der Waals surface area contributed by atoms with Gasteiger partial charge in [-0.3, -0.25) is 14.5 Å². The van der Waals surface area contributed by atoms with Gasteiger partial charge in [-0.05, 0) is 31.5 Å². The zero-order valence-corrected chi connectivity index (χ0v) is 15.7. The summed E-state index contributed by atoms with van der Waals surface area (Å²) in [4.78, 5) is 31.2. The van der Waals surface area contributed by atoms with E-state index in [1.807, 2.05) is 0 Å². The van der Waals surface area contributed by atoms with E-state index >= 15 is 0 Å². The molecule has 1 saturated heterocycles. The topological polar surface area (TPSA) is 120 Å². The molecule has 2 aromatic carbocycles. The van der Waals surface area contributed by atoms with Gasteiger partial charge in [0, 0.05) is 29.9 Å². The van der Waals surface area contributed by atoms with Crippen molar-refractivity contribution in [2.45, 2.75) is 25.4 Å². The van der Waals surface area contributed by atoms with Crippen LogP contribution < -0.4 is 5.73 Å². The van der Waals surface area contributed by atoms with Gasteiger partial charge in [-0.15, -0.1) is 0 Å². The number of aromatic nitrogens is 1. The molecule has 0 atom stereocenters. The number of carbonyl (C=O) groups excluding carboxylic acids is 2. The first-order valence-electron chi connectivity index (χ1n) is 9.71. The maximum atomic E-state index is 13.1. The number of aromatic hydroxyl groups is 2. The van der Waals surface area contributed by atoms with E-state index in [0.717, 1.165) is 31.5 Å². The lowest BCUT2D eigenvalue weighted by molar-refractivity contribution is 0.0974. The number of aromatic amines is 1. The molecule has 2 aliphatic rings. The number of phenols is 2. The maximum Gasteiger partial charge on any atom is 0.198 e. The second-order valence-electron chi connectivity index (χ2n) is 7.83. The van der Waals surface area contributed by atoms with Crippen LogP contribution in [0.3, 0.4) is 0 Å². The Morgan fingerprint density at radius 3 is 2.21 bits per heavy atom. The smallest absolute Gasteiger partial charge is 0.198 e. The van der Waals surface area contributed by atoms with Crippen LogP contribution in [0.5, 0.6) is 11.5 Å². The number of nitrogens with zero attached hydrogens (tertiary/aromatic N) is 1. The number of hydrogen-bond acceptors (Lipinski definition) is 6. The Hall–Kier alpha value is -3.16. The number of nitrogens with one attached hydrogen (secondary N) is 1. The number of rotatable bonds is 2. The minimum Gasteiger partial charge on any atom is -0.506 e. The molecule has 0 saturated carbocycles. The summed E-state index contributed by atoms with van der Waals surface area (Å²) in [7, 11) is 0. The molecule has 7 nitrogen and oxygen atoms in total. The summed E-state index contributed by atoms with van der Waals surface area (Å²) in [6.45, 7) is 2.24. The van der Waals surface area contributed by atoms with Gasteiger partial charge in [-0.2, -0.15) is 0 Å². The van der Waals surface area contributed by atoms with Crippen molar-refractivity contribution in [3.8, 4) is 11.5 Å². The van der Waals surface area contributed by atoms with Gasteiger partial charge in [0.1, 0.15) is 5.75 Å². The average Bonchev–Trinajstić information content (AvgIpc) is 3.15. The van der Waals surface area contributed by atoms with Crippen molar-refractivity contribution >= 4 is 22.5 Å². The van der Waals surface area contributed by atoms with Crippen LogP contribution in [0.4, 0.5) is 0 Å². The molecule has 1 aliphatic carbocycles. The quantitative estimate of drug-likeness (QED) is 0.389. The minimum atomic E-state index is -0.467. The standard InChI is InChI=1S/C22H21N3O4/c23-12-5-7-25(8-6-12)10-11-9-24-18-15(11)21(28)16-17(22(18)29)20(27)14-4-2-1-3-13(14)19(16)26/h1-4,9,12,24,28-29H,5-8,10,23H2. The zero-order valence-electron chi connectivity index (χ0n) is 15.7. The highest BCUT2D eigenvalue weighted by Gasteiger charge is 2.37. The Labute approximate surface area is 166 Å². The number of phenolic OH excluding ortho intramolecular Hbond substituents is 2. The van der Waals surface area contributed by atoms with E-state index in [2.05, 4.69) is 9.88 Å². The molecule has 5 rings (SSSR count). The molecular weight excluding hydrogens is 370 g/mol. The van der Waals surface area contributed by atoms with Crippen molar-refractivity contribution in [2.75, 3.05) is 13.1 Å². The third-order valence-electron chi connectivity index (χ3n) is 6.06. The van der Waals surface area contributed by atoms with E-state index in [-0.39, 0.29) is 45.3 Å². The fourth-order valence-corrected chi connectivity index (χ4v) is 4.48. The first kappa shape index (κ1) is 17.9. The Morgan fingerprint density at radius 2 is 1.59 bits per heavy atom. The van der Waals surface area contributed by atoms with Gasteiger partial charge in [0.15, 0.2) is 17.3 Å². The van der Waals surface area contributed by atoms with Crippen LogP contribution in [0.15, 0.2) is 30.5 Å².